The van der Waals surface area contributed by atoms with E-state index in [9.17, 15) is 19.6 Å². The molecular weight excluding hydrogens is 645 g/mol. The van der Waals surface area contributed by atoms with E-state index >= 15 is 0 Å². The van der Waals surface area contributed by atoms with E-state index in [0.717, 1.165) is 52.5 Å². The standard InChI is InChI=1S/C36H45BClN5O6/c1-36(2,3)49-35(45)42(24-25-13-14-28(30(38)20-25)26-10-5-4-6-11-26)18-15-33(44)40-17-9-16-39-31-21-27(37(46)47)22-32-29(31)23-41-43(32)34-12-7-8-19-48-34/h4-6,10-11,13-14,20-23,34,39,46-47H,7-9,12,15-19,24H2,1-3H3,(H,40,44). The molecule has 1 atom stereocenters. The third-order valence-electron chi connectivity index (χ3n) is 8.21. The fraction of sp³-hybridized carbons (Fsp3) is 0.417. The van der Waals surface area contributed by atoms with Crippen LogP contribution in [0.1, 0.15) is 64.7 Å². The van der Waals surface area contributed by atoms with Crippen molar-refractivity contribution in [3.63, 3.8) is 0 Å². The second-order valence-electron chi connectivity index (χ2n) is 13.2. The summed E-state index contributed by atoms with van der Waals surface area (Å²) >= 11 is 6.63. The number of halogens is 1. The number of nitrogens with one attached hydrogen (secondary N) is 2. The van der Waals surface area contributed by atoms with E-state index in [4.69, 9.17) is 21.1 Å². The number of hydrogen-bond acceptors (Lipinski definition) is 8. The Kier molecular flexibility index (Phi) is 12.2. The molecule has 11 nitrogen and oxygen atoms in total. The van der Waals surface area contributed by atoms with Crippen molar-refractivity contribution in [1.82, 2.24) is 20.0 Å². The topological polar surface area (TPSA) is 138 Å². The third kappa shape index (κ3) is 9.98. The van der Waals surface area contributed by atoms with Gasteiger partial charge in [-0.2, -0.15) is 5.10 Å². The van der Waals surface area contributed by atoms with Crippen LogP contribution in [0.4, 0.5) is 10.5 Å². The van der Waals surface area contributed by atoms with E-state index in [1.165, 1.54) is 4.90 Å². The van der Waals surface area contributed by atoms with E-state index < -0.39 is 18.8 Å². The minimum absolute atomic E-state index is 0.0992. The Morgan fingerprint density at radius 1 is 1.10 bits per heavy atom. The van der Waals surface area contributed by atoms with Crippen molar-refractivity contribution in [3.8, 4) is 11.1 Å². The summed E-state index contributed by atoms with van der Waals surface area (Å²) in [6.45, 7) is 7.42. The second-order valence-corrected chi connectivity index (χ2v) is 13.7. The maximum Gasteiger partial charge on any atom is 0.488 e. The van der Waals surface area contributed by atoms with Gasteiger partial charge >= 0.3 is 13.2 Å². The fourth-order valence-corrected chi connectivity index (χ4v) is 6.08. The van der Waals surface area contributed by atoms with Crippen LogP contribution in [0, 0.1) is 0 Å². The molecule has 2 amide bonds. The number of rotatable bonds is 13. The van der Waals surface area contributed by atoms with Crippen molar-refractivity contribution in [1.29, 1.82) is 0 Å². The normalized spacial score (nSPS) is 14.8. The van der Waals surface area contributed by atoms with Gasteiger partial charge in [0.2, 0.25) is 5.91 Å². The third-order valence-corrected chi connectivity index (χ3v) is 8.52. The Morgan fingerprint density at radius 2 is 1.90 bits per heavy atom. The van der Waals surface area contributed by atoms with E-state index in [2.05, 4.69) is 15.7 Å². The number of carbonyl (C=O) groups is 2. The molecule has 0 bridgehead atoms. The molecule has 49 heavy (non-hydrogen) atoms. The molecule has 5 rings (SSSR count). The van der Waals surface area contributed by atoms with E-state index in [0.29, 0.717) is 36.6 Å². The predicted molar refractivity (Wildman–Crippen MR) is 193 cm³/mol. The highest BCUT2D eigenvalue weighted by Gasteiger charge is 2.24. The van der Waals surface area contributed by atoms with Crippen LogP contribution in [-0.2, 0) is 20.8 Å². The summed E-state index contributed by atoms with van der Waals surface area (Å²) < 4.78 is 13.4. The monoisotopic (exact) mass is 689 g/mol. The van der Waals surface area contributed by atoms with Gasteiger partial charge in [-0.05, 0) is 81.2 Å². The Morgan fingerprint density at radius 3 is 2.59 bits per heavy atom. The fourth-order valence-electron chi connectivity index (χ4n) is 5.76. The first kappa shape index (κ1) is 36.2. The molecule has 1 aliphatic rings. The number of fused-ring (bicyclic) bond motifs is 1. The molecule has 4 aromatic rings. The van der Waals surface area contributed by atoms with Gasteiger partial charge in [-0.25, -0.2) is 9.48 Å². The lowest BCUT2D eigenvalue weighted by molar-refractivity contribution is -0.121. The van der Waals surface area contributed by atoms with Crippen LogP contribution in [0.5, 0.6) is 0 Å². The molecule has 1 unspecified atom stereocenters. The molecule has 0 aliphatic carbocycles. The minimum Gasteiger partial charge on any atom is -0.444 e. The molecule has 2 heterocycles. The van der Waals surface area contributed by atoms with Gasteiger partial charge in [0, 0.05) is 60.9 Å². The van der Waals surface area contributed by atoms with E-state index in [1.807, 2.05) is 48.5 Å². The molecule has 1 fully saturated rings. The number of aromatic nitrogens is 2. The highest BCUT2D eigenvalue weighted by molar-refractivity contribution is 6.59. The van der Waals surface area contributed by atoms with Crippen LogP contribution in [0.15, 0.2) is 66.9 Å². The summed E-state index contributed by atoms with van der Waals surface area (Å²) in [5.41, 5.74) is 3.87. The van der Waals surface area contributed by atoms with Gasteiger partial charge in [-0.1, -0.05) is 54.1 Å². The smallest absolute Gasteiger partial charge is 0.444 e. The maximum atomic E-state index is 13.1. The Hall–Kier alpha value is -4.10. The molecule has 1 aromatic heterocycles. The average molecular weight is 690 g/mol. The summed E-state index contributed by atoms with van der Waals surface area (Å²) in [5, 5.41) is 32.1. The lowest BCUT2D eigenvalue weighted by Crippen LogP contribution is -2.39. The maximum absolute atomic E-state index is 13.1. The zero-order valence-corrected chi connectivity index (χ0v) is 29.1. The van der Waals surface area contributed by atoms with E-state index in [-0.39, 0.29) is 31.6 Å². The number of benzene rings is 3. The summed E-state index contributed by atoms with van der Waals surface area (Å²) in [6, 6.07) is 19.0. The van der Waals surface area contributed by atoms with Crippen LogP contribution < -0.4 is 16.1 Å². The molecule has 260 valence electrons. The van der Waals surface area contributed by atoms with Gasteiger partial charge in [0.05, 0.1) is 11.7 Å². The largest absolute Gasteiger partial charge is 0.488 e. The lowest BCUT2D eigenvalue weighted by Gasteiger charge is -2.27. The zero-order chi connectivity index (χ0) is 35.0. The van der Waals surface area contributed by atoms with Gasteiger partial charge in [0.1, 0.15) is 5.60 Å². The first-order chi connectivity index (χ1) is 23.5. The van der Waals surface area contributed by atoms with Gasteiger partial charge in [-0.15, -0.1) is 0 Å². The average Bonchev–Trinajstić information content (AvgIpc) is 3.51. The van der Waals surface area contributed by atoms with Crippen molar-refractivity contribution < 1.29 is 29.1 Å². The van der Waals surface area contributed by atoms with Gasteiger partial charge in [0.15, 0.2) is 6.23 Å². The zero-order valence-electron chi connectivity index (χ0n) is 28.3. The summed E-state index contributed by atoms with van der Waals surface area (Å²) in [7, 11) is -1.63. The summed E-state index contributed by atoms with van der Waals surface area (Å²) in [4.78, 5) is 27.5. The molecule has 0 spiro atoms. The molecule has 0 saturated carbocycles. The van der Waals surface area contributed by atoms with Crippen molar-refractivity contribution >= 4 is 52.8 Å². The van der Waals surface area contributed by atoms with Gasteiger partial charge < -0.3 is 35.1 Å². The first-order valence-electron chi connectivity index (χ1n) is 16.8. The SMILES string of the molecule is CC(C)(C)OC(=O)N(CCC(=O)NCCCNc1cc(B(O)O)cc2c1cnn2C1CCCCO1)Cc1ccc(-c2ccccc2)c(Cl)c1. The number of anilines is 1. The second kappa shape index (κ2) is 16.5. The minimum atomic E-state index is -1.63. The summed E-state index contributed by atoms with van der Waals surface area (Å²) in [5.74, 6) is -0.187. The number of ether oxygens (including phenoxy) is 2. The first-order valence-corrected chi connectivity index (χ1v) is 17.2. The molecule has 0 radical (unpaired) electrons. The van der Waals surface area contributed by atoms with Gasteiger partial charge in [-0.3, -0.25) is 4.79 Å². The molecule has 3 aromatic carbocycles. The highest BCUT2D eigenvalue weighted by Crippen LogP contribution is 2.30. The van der Waals surface area contributed by atoms with Crippen molar-refractivity contribution in [2.45, 2.75) is 71.2 Å². The predicted octanol–water partition coefficient (Wildman–Crippen LogP) is 5.48. The molecular formula is C36H45BClN5O6. The van der Waals surface area contributed by atoms with Gasteiger partial charge in [0.25, 0.3) is 0 Å². The number of carbonyl (C=O) groups excluding carboxylic acids is 2. The van der Waals surface area contributed by atoms with Crippen LogP contribution in [0.2, 0.25) is 5.02 Å². The van der Waals surface area contributed by atoms with Crippen LogP contribution in [0.3, 0.4) is 0 Å². The van der Waals surface area contributed by atoms with Crippen molar-refractivity contribution in [2.24, 2.45) is 0 Å². The lowest BCUT2D eigenvalue weighted by atomic mass is 9.79. The number of hydrogen-bond donors (Lipinski definition) is 4. The van der Waals surface area contributed by atoms with Crippen LogP contribution in [-0.4, -0.2) is 75.7 Å². The number of amides is 2. The summed E-state index contributed by atoms with van der Waals surface area (Å²) in [6.07, 6.45) is 4.67. The molecule has 4 N–H and O–H groups in total. The Balaban J connectivity index is 1.15. The molecule has 13 heteroatoms. The van der Waals surface area contributed by atoms with Crippen LogP contribution in [0.25, 0.3) is 22.0 Å². The molecule has 1 saturated heterocycles. The van der Waals surface area contributed by atoms with E-state index in [1.54, 1.807) is 43.8 Å². The highest BCUT2D eigenvalue weighted by atomic mass is 35.5. The Labute approximate surface area is 292 Å². The van der Waals surface area contributed by atoms with Crippen LogP contribution >= 0.6 is 11.6 Å². The van der Waals surface area contributed by atoms with Crippen molar-refractivity contribution in [3.05, 3.63) is 77.4 Å². The quantitative estimate of drug-likeness (QED) is 0.107. The molecule has 1 aliphatic heterocycles. The van der Waals surface area contributed by atoms with Crippen molar-refractivity contribution in [2.75, 3.05) is 31.6 Å². The number of nitrogens with zero attached hydrogens (tertiary/aromatic N) is 3. The Bertz CT molecular complexity index is 1720.